The van der Waals surface area contributed by atoms with Gasteiger partial charge in [-0.3, -0.25) is 4.55 Å². The molecule has 4 aliphatic carbocycles. The van der Waals surface area contributed by atoms with Crippen molar-refractivity contribution in [2.45, 2.75) is 104 Å². The van der Waals surface area contributed by atoms with Gasteiger partial charge in [0.25, 0.3) is 0 Å². The van der Waals surface area contributed by atoms with Crippen LogP contribution in [0.3, 0.4) is 0 Å². The van der Waals surface area contributed by atoms with Gasteiger partial charge in [0.05, 0.1) is 18.8 Å². The van der Waals surface area contributed by atoms with Crippen LogP contribution in [-0.4, -0.2) is 42.0 Å². The maximum Gasteiger partial charge on any atom is 0.397 e. The average Bonchev–Trinajstić information content (AvgIpc) is 3.09. The van der Waals surface area contributed by atoms with E-state index in [9.17, 15) is 18.6 Å². The molecular formula is C26H46O6S. The molecule has 0 spiro atoms. The molecule has 192 valence electrons. The van der Waals surface area contributed by atoms with Crippen LogP contribution in [0.15, 0.2) is 0 Å². The molecule has 4 aliphatic rings. The molecule has 0 aromatic carbocycles. The Kier molecular flexibility index (Phi) is 7.33. The third kappa shape index (κ3) is 4.54. The summed E-state index contributed by atoms with van der Waals surface area (Å²) in [7, 11) is -4.36. The van der Waals surface area contributed by atoms with Crippen LogP contribution in [0.2, 0.25) is 0 Å². The highest BCUT2D eigenvalue weighted by Gasteiger charge is 2.64. The lowest BCUT2D eigenvalue weighted by Gasteiger charge is -2.64. The quantitative estimate of drug-likeness (QED) is 0.351. The zero-order chi connectivity index (χ0) is 24.2. The zero-order valence-electron chi connectivity index (χ0n) is 20.9. The summed E-state index contributed by atoms with van der Waals surface area (Å²) in [6, 6.07) is 0. The van der Waals surface area contributed by atoms with Crippen molar-refractivity contribution in [2.75, 3.05) is 6.61 Å². The van der Waals surface area contributed by atoms with Crippen molar-refractivity contribution in [2.24, 2.45) is 52.3 Å². The lowest BCUT2D eigenvalue weighted by atomic mass is 9.41. The summed E-state index contributed by atoms with van der Waals surface area (Å²) < 4.78 is 35.0. The molecule has 4 saturated carbocycles. The highest BCUT2D eigenvalue weighted by atomic mass is 32.3. The SMILES string of the molecule is CC[C@H]1C(O)C2C3CC[C@H]([C@H](C)CCCOS(=O)(=O)O)[C@@]3(C)CCC2[C@@]2(C)CC[C@H](O)C[C@@H]12. The maximum atomic E-state index is 11.8. The molecule has 4 rings (SSSR count). The van der Waals surface area contributed by atoms with Gasteiger partial charge in [-0.15, -0.1) is 0 Å². The van der Waals surface area contributed by atoms with Gasteiger partial charge in [-0.1, -0.05) is 34.1 Å². The number of aliphatic hydroxyl groups excluding tert-OH is 2. The van der Waals surface area contributed by atoms with E-state index < -0.39 is 10.4 Å². The first-order valence-corrected chi connectivity index (χ1v) is 14.8. The summed E-state index contributed by atoms with van der Waals surface area (Å²) in [4.78, 5) is 0. The summed E-state index contributed by atoms with van der Waals surface area (Å²) >= 11 is 0. The zero-order valence-corrected chi connectivity index (χ0v) is 21.8. The summed E-state index contributed by atoms with van der Waals surface area (Å²) in [5.41, 5.74) is 0.434. The molecule has 3 N–H and O–H groups in total. The van der Waals surface area contributed by atoms with Crippen molar-refractivity contribution in [3.63, 3.8) is 0 Å². The van der Waals surface area contributed by atoms with Gasteiger partial charge in [0.15, 0.2) is 0 Å². The van der Waals surface area contributed by atoms with Gasteiger partial charge in [-0.25, -0.2) is 4.18 Å². The Bertz CT molecular complexity index is 801. The normalized spacial score (nSPS) is 48.6. The molecule has 4 unspecified atom stereocenters. The molecule has 0 aromatic rings. The Morgan fingerprint density at radius 2 is 1.67 bits per heavy atom. The van der Waals surface area contributed by atoms with Crippen molar-refractivity contribution in [3.8, 4) is 0 Å². The first-order valence-electron chi connectivity index (χ1n) is 13.4. The molecule has 0 amide bonds. The molecule has 0 bridgehead atoms. The fraction of sp³-hybridized carbons (Fsp3) is 1.00. The Labute approximate surface area is 200 Å². The van der Waals surface area contributed by atoms with Crippen LogP contribution in [0.25, 0.3) is 0 Å². The van der Waals surface area contributed by atoms with E-state index in [0.29, 0.717) is 41.9 Å². The summed E-state index contributed by atoms with van der Waals surface area (Å²) in [6.45, 7) is 9.46. The fourth-order valence-electron chi connectivity index (χ4n) is 9.70. The van der Waals surface area contributed by atoms with Crippen LogP contribution in [0.5, 0.6) is 0 Å². The van der Waals surface area contributed by atoms with Crippen LogP contribution in [-0.2, 0) is 14.6 Å². The summed E-state index contributed by atoms with van der Waals surface area (Å²) in [5, 5.41) is 22.2. The molecule has 0 heterocycles. The van der Waals surface area contributed by atoms with Gasteiger partial charge >= 0.3 is 10.4 Å². The van der Waals surface area contributed by atoms with Gasteiger partial charge in [-0.2, -0.15) is 8.42 Å². The first-order chi connectivity index (χ1) is 15.4. The molecule has 7 heteroatoms. The van der Waals surface area contributed by atoms with Gasteiger partial charge in [0, 0.05) is 0 Å². The van der Waals surface area contributed by atoms with Crippen LogP contribution >= 0.6 is 0 Å². The third-order valence-electron chi connectivity index (χ3n) is 11.2. The molecule has 33 heavy (non-hydrogen) atoms. The fourth-order valence-corrected chi connectivity index (χ4v) is 10.0. The molecule has 11 atom stereocenters. The molecule has 0 radical (unpaired) electrons. The molecular weight excluding hydrogens is 440 g/mol. The van der Waals surface area contributed by atoms with E-state index in [1.807, 2.05) is 0 Å². The first kappa shape index (κ1) is 25.9. The lowest BCUT2D eigenvalue weighted by Crippen LogP contribution is -2.62. The second kappa shape index (κ2) is 9.34. The van der Waals surface area contributed by atoms with E-state index in [2.05, 4.69) is 31.9 Å². The van der Waals surface area contributed by atoms with Gasteiger partial charge in [0.1, 0.15) is 0 Å². The smallest absolute Gasteiger partial charge is 0.393 e. The Morgan fingerprint density at radius 1 is 1.00 bits per heavy atom. The van der Waals surface area contributed by atoms with Crippen LogP contribution < -0.4 is 0 Å². The van der Waals surface area contributed by atoms with Gasteiger partial charge < -0.3 is 10.2 Å². The largest absolute Gasteiger partial charge is 0.397 e. The minimum absolute atomic E-state index is 0.0310. The number of rotatable bonds is 7. The van der Waals surface area contributed by atoms with Crippen molar-refractivity contribution < 1.29 is 27.4 Å². The summed E-state index contributed by atoms with van der Waals surface area (Å²) in [5.74, 6) is 3.16. The van der Waals surface area contributed by atoms with Gasteiger partial charge in [0.2, 0.25) is 0 Å². The highest BCUT2D eigenvalue weighted by Crippen LogP contribution is 2.69. The van der Waals surface area contributed by atoms with E-state index in [1.54, 1.807) is 0 Å². The van der Waals surface area contributed by atoms with Crippen LogP contribution in [0, 0.1) is 52.3 Å². The second-order valence-electron chi connectivity index (χ2n) is 12.5. The third-order valence-corrected chi connectivity index (χ3v) is 11.7. The highest BCUT2D eigenvalue weighted by molar-refractivity contribution is 7.80. The number of hydrogen-bond acceptors (Lipinski definition) is 5. The van der Waals surface area contributed by atoms with Crippen LogP contribution in [0.4, 0.5) is 0 Å². The van der Waals surface area contributed by atoms with E-state index in [-0.39, 0.29) is 35.6 Å². The molecule has 0 aromatic heterocycles. The van der Waals surface area contributed by atoms with Crippen molar-refractivity contribution >= 4 is 10.4 Å². The number of aliphatic hydroxyl groups is 2. The van der Waals surface area contributed by atoms with Crippen molar-refractivity contribution in [3.05, 3.63) is 0 Å². The number of fused-ring (bicyclic) bond motifs is 5. The molecule has 6 nitrogen and oxygen atoms in total. The Morgan fingerprint density at radius 3 is 2.33 bits per heavy atom. The molecule has 4 fully saturated rings. The molecule has 0 aliphatic heterocycles. The predicted octanol–water partition coefficient (Wildman–Crippen LogP) is 4.85. The second-order valence-corrected chi connectivity index (χ2v) is 13.6. The minimum atomic E-state index is -4.36. The predicted molar refractivity (Wildman–Crippen MR) is 128 cm³/mol. The van der Waals surface area contributed by atoms with E-state index in [0.717, 1.165) is 32.1 Å². The van der Waals surface area contributed by atoms with Crippen molar-refractivity contribution in [1.29, 1.82) is 0 Å². The minimum Gasteiger partial charge on any atom is -0.393 e. The average molecular weight is 487 g/mol. The maximum absolute atomic E-state index is 11.8. The Balaban J connectivity index is 1.51. The standard InChI is InChI=1S/C26H46O6S/c1-5-18-22-15-17(27)10-12-26(22,4)21-11-13-25(3)19(8-9-20(25)23(21)24(18)28)16(2)7-6-14-32-33(29,30)31/h16-24,27-28H,5-15H2,1-4H3,(H,29,30,31)/t16-,17+,18-,19-,20?,21?,22+,23?,24?,25-,26-/m1/s1. The monoisotopic (exact) mass is 486 g/mol. The van der Waals surface area contributed by atoms with E-state index in [1.165, 1.54) is 25.7 Å². The lowest BCUT2D eigenvalue weighted by molar-refractivity contribution is -0.203. The van der Waals surface area contributed by atoms with Gasteiger partial charge in [-0.05, 0) is 110 Å². The van der Waals surface area contributed by atoms with E-state index >= 15 is 0 Å². The Hall–Kier alpha value is -0.210. The molecule has 0 saturated heterocycles. The van der Waals surface area contributed by atoms with Crippen molar-refractivity contribution in [1.82, 2.24) is 0 Å². The number of hydrogen-bond donors (Lipinski definition) is 3. The van der Waals surface area contributed by atoms with Crippen LogP contribution in [0.1, 0.15) is 91.9 Å². The van der Waals surface area contributed by atoms with E-state index in [4.69, 9.17) is 4.55 Å². The summed E-state index contributed by atoms with van der Waals surface area (Å²) in [6.07, 6.45) is 9.54. The topological polar surface area (TPSA) is 104 Å².